The van der Waals surface area contributed by atoms with Gasteiger partial charge in [-0.15, -0.1) is 9.77 Å². The van der Waals surface area contributed by atoms with Crippen LogP contribution in [-0.2, 0) is 0 Å². The van der Waals surface area contributed by atoms with Gasteiger partial charge in [0, 0.05) is 0 Å². The summed E-state index contributed by atoms with van der Waals surface area (Å²) >= 11 is 0. The summed E-state index contributed by atoms with van der Waals surface area (Å²) in [5.74, 6) is 0.203. The fraction of sp³-hybridized carbons (Fsp3) is 0. The van der Waals surface area contributed by atoms with Gasteiger partial charge in [-0.25, -0.2) is 15.3 Å². The Labute approximate surface area is 132 Å². The Hall–Kier alpha value is -3.48. The molecular weight excluding hydrogens is 292 g/mol. The van der Waals surface area contributed by atoms with Crippen LogP contribution in [-0.4, -0.2) is 27.3 Å². The summed E-state index contributed by atoms with van der Waals surface area (Å²) in [5.41, 5.74) is 4.05. The van der Waals surface area contributed by atoms with Crippen molar-refractivity contribution < 1.29 is 0 Å². The summed E-state index contributed by atoms with van der Waals surface area (Å²) in [6.07, 6.45) is 3.20. The Balaban J connectivity index is 1.75. The molecular formula is C16H14N6O. The summed E-state index contributed by atoms with van der Waals surface area (Å²) in [7, 11) is 0. The lowest BCUT2D eigenvalue weighted by molar-refractivity contribution is 0.837. The SMILES string of the molecule is O=c1[nH]nc(N/N=C/c2ccccc2)n1/N=C\c1ccccc1. The topological polar surface area (TPSA) is 87.4 Å². The molecule has 0 aliphatic heterocycles. The van der Waals surface area contributed by atoms with Gasteiger partial charge in [0.2, 0.25) is 0 Å². The molecule has 2 aromatic carbocycles. The van der Waals surface area contributed by atoms with Crippen LogP contribution >= 0.6 is 0 Å². The largest absolute Gasteiger partial charge is 0.365 e. The van der Waals surface area contributed by atoms with Gasteiger partial charge in [0.1, 0.15) is 0 Å². The molecule has 3 rings (SSSR count). The van der Waals surface area contributed by atoms with Crippen molar-refractivity contribution in [2.24, 2.45) is 10.2 Å². The molecule has 1 heterocycles. The maximum Gasteiger partial charge on any atom is 0.365 e. The van der Waals surface area contributed by atoms with Gasteiger partial charge in [-0.2, -0.15) is 10.2 Å². The smallest absolute Gasteiger partial charge is 0.244 e. The second-order valence-corrected chi connectivity index (χ2v) is 4.60. The van der Waals surface area contributed by atoms with Crippen LogP contribution in [0.3, 0.4) is 0 Å². The molecule has 0 spiro atoms. The molecule has 0 bridgehead atoms. The van der Waals surface area contributed by atoms with E-state index >= 15 is 0 Å². The van der Waals surface area contributed by atoms with Crippen molar-refractivity contribution in [1.29, 1.82) is 0 Å². The molecule has 23 heavy (non-hydrogen) atoms. The maximum atomic E-state index is 11.7. The van der Waals surface area contributed by atoms with Crippen molar-refractivity contribution in [2.75, 3.05) is 5.43 Å². The minimum atomic E-state index is -0.449. The molecule has 0 radical (unpaired) electrons. The highest BCUT2D eigenvalue weighted by Crippen LogP contribution is 2.00. The van der Waals surface area contributed by atoms with E-state index in [0.717, 1.165) is 15.8 Å². The number of benzene rings is 2. The Bertz CT molecular complexity index is 864. The molecule has 2 N–H and O–H groups in total. The fourth-order valence-electron chi connectivity index (χ4n) is 1.84. The van der Waals surface area contributed by atoms with Crippen LogP contribution in [0.25, 0.3) is 0 Å². The summed E-state index contributed by atoms with van der Waals surface area (Å²) in [4.78, 5) is 11.7. The zero-order chi connectivity index (χ0) is 15.9. The van der Waals surface area contributed by atoms with Gasteiger partial charge < -0.3 is 0 Å². The van der Waals surface area contributed by atoms with E-state index in [1.807, 2.05) is 60.7 Å². The first-order chi connectivity index (χ1) is 11.3. The maximum absolute atomic E-state index is 11.7. The van der Waals surface area contributed by atoms with Crippen LogP contribution < -0.4 is 11.1 Å². The quantitative estimate of drug-likeness (QED) is 0.557. The molecule has 7 heteroatoms. The summed E-state index contributed by atoms with van der Waals surface area (Å²) < 4.78 is 1.11. The average Bonchev–Trinajstić information content (AvgIpc) is 2.95. The number of anilines is 1. The molecule has 0 aliphatic carbocycles. The van der Waals surface area contributed by atoms with E-state index < -0.39 is 5.69 Å². The number of hydrogen-bond acceptors (Lipinski definition) is 5. The minimum absolute atomic E-state index is 0.203. The van der Waals surface area contributed by atoms with Crippen LogP contribution in [0.5, 0.6) is 0 Å². The molecule has 1 aromatic heterocycles. The van der Waals surface area contributed by atoms with Crippen molar-refractivity contribution in [2.45, 2.75) is 0 Å². The first kappa shape index (κ1) is 14.5. The average molecular weight is 306 g/mol. The van der Waals surface area contributed by atoms with E-state index in [2.05, 4.69) is 25.8 Å². The van der Waals surface area contributed by atoms with Gasteiger partial charge in [-0.1, -0.05) is 60.7 Å². The lowest BCUT2D eigenvalue weighted by Gasteiger charge is -1.98. The van der Waals surface area contributed by atoms with E-state index in [1.165, 1.54) is 0 Å². The zero-order valence-corrected chi connectivity index (χ0v) is 12.1. The molecule has 3 aromatic rings. The number of rotatable bonds is 5. The summed E-state index contributed by atoms with van der Waals surface area (Å²) in [6, 6.07) is 19.0. The highest BCUT2D eigenvalue weighted by molar-refractivity contribution is 5.80. The third kappa shape index (κ3) is 3.79. The fourth-order valence-corrected chi connectivity index (χ4v) is 1.84. The van der Waals surface area contributed by atoms with Gasteiger partial charge in [0.25, 0.3) is 5.95 Å². The summed E-state index contributed by atoms with van der Waals surface area (Å²) in [6.45, 7) is 0. The molecule has 0 atom stereocenters. The summed E-state index contributed by atoms with van der Waals surface area (Å²) in [5, 5.41) is 14.3. The predicted octanol–water partition coefficient (Wildman–Crippen LogP) is 1.90. The zero-order valence-electron chi connectivity index (χ0n) is 12.1. The van der Waals surface area contributed by atoms with Crippen molar-refractivity contribution in [1.82, 2.24) is 14.9 Å². The second-order valence-electron chi connectivity index (χ2n) is 4.60. The van der Waals surface area contributed by atoms with Crippen LogP contribution in [0.4, 0.5) is 5.95 Å². The van der Waals surface area contributed by atoms with E-state index in [4.69, 9.17) is 0 Å². The normalized spacial score (nSPS) is 11.3. The van der Waals surface area contributed by atoms with Crippen LogP contribution in [0.2, 0.25) is 0 Å². The molecule has 114 valence electrons. The lowest BCUT2D eigenvalue weighted by atomic mass is 10.2. The molecule has 0 saturated heterocycles. The minimum Gasteiger partial charge on any atom is -0.244 e. The highest BCUT2D eigenvalue weighted by atomic mass is 16.2. The number of aromatic nitrogens is 3. The van der Waals surface area contributed by atoms with Gasteiger partial charge >= 0.3 is 5.69 Å². The second kappa shape index (κ2) is 6.99. The van der Waals surface area contributed by atoms with Gasteiger partial charge in [0.15, 0.2) is 0 Å². The monoisotopic (exact) mass is 306 g/mol. The highest BCUT2D eigenvalue weighted by Gasteiger charge is 2.05. The Morgan fingerprint density at radius 1 is 0.957 bits per heavy atom. The Morgan fingerprint density at radius 2 is 1.57 bits per heavy atom. The number of nitrogens with one attached hydrogen (secondary N) is 2. The first-order valence-electron chi connectivity index (χ1n) is 6.94. The molecule has 0 amide bonds. The molecule has 0 fully saturated rings. The molecule has 7 nitrogen and oxygen atoms in total. The van der Waals surface area contributed by atoms with Gasteiger partial charge in [-0.3, -0.25) is 0 Å². The van der Waals surface area contributed by atoms with E-state index in [-0.39, 0.29) is 5.95 Å². The molecule has 0 unspecified atom stereocenters. The third-order valence-electron chi connectivity index (χ3n) is 2.95. The number of hydrogen-bond donors (Lipinski definition) is 2. The third-order valence-corrected chi connectivity index (χ3v) is 2.95. The number of nitrogens with zero attached hydrogens (tertiary/aromatic N) is 4. The van der Waals surface area contributed by atoms with E-state index in [1.54, 1.807) is 12.4 Å². The molecule has 0 saturated carbocycles. The van der Waals surface area contributed by atoms with Crippen LogP contribution in [0, 0.1) is 0 Å². The van der Waals surface area contributed by atoms with Crippen molar-refractivity contribution in [3.63, 3.8) is 0 Å². The Kier molecular flexibility index (Phi) is 4.39. The van der Waals surface area contributed by atoms with E-state index in [9.17, 15) is 4.79 Å². The number of hydrazone groups is 1. The number of H-pyrrole nitrogens is 1. The van der Waals surface area contributed by atoms with E-state index in [0.29, 0.717) is 0 Å². The van der Waals surface area contributed by atoms with Crippen LogP contribution in [0.1, 0.15) is 11.1 Å². The first-order valence-corrected chi connectivity index (χ1v) is 6.94. The van der Waals surface area contributed by atoms with Gasteiger partial charge in [0.05, 0.1) is 12.4 Å². The Morgan fingerprint density at radius 3 is 2.22 bits per heavy atom. The van der Waals surface area contributed by atoms with Crippen molar-refractivity contribution in [3.8, 4) is 0 Å². The predicted molar refractivity (Wildman–Crippen MR) is 89.9 cm³/mol. The molecule has 0 aliphatic rings. The van der Waals surface area contributed by atoms with Gasteiger partial charge in [-0.05, 0) is 11.1 Å². The van der Waals surface area contributed by atoms with Crippen molar-refractivity contribution in [3.05, 3.63) is 82.3 Å². The number of aromatic amines is 1. The van der Waals surface area contributed by atoms with Crippen LogP contribution in [0.15, 0.2) is 75.7 Å². The standard InChI is InChI=1S/C16H14N6O/c23-16-21-20-15(19-17-11-13-7-3-1-4-8-13)22(16)18-12-14-9-5-2-6-10-14/h1-12H,(H,19,20)(H,21,23)/b17-11+,18-12-. The lowest BCUT2D eigenvalue weighted by Crippen LogP contribution is -2.14. The van der Waals surface area contributed by atoms with Crippen molar-refractivity contribution >= 4 is 18.4 Å².